The molecular weight excluding hydrogens is 322 g/mol. The van der Waals surface area contributed by atoms with Crippen LogP contribution in [0.2, 0.25) is 0 Å². The maximum absolute atomic E-state index is 12.1. The van der Waals surface area contributed by atoms with Gasteiger partial charge < -0.3 is 5.32 Å². The minimum Gasteiger partial charge on any atom is -0.352 e. The van der Waals surface area contributed by atoms with E-state index in [2.05, 4.69) is 33.9 Å². The van der Waals surface area contributed by atoms with Crippen molar-refractivity contribution in [3.63, 3.8) is 0 Å². The Morgan fingerprint density at radius 2 is 2.05 bits per heavy atom. The van der Waals surface area contributed by atoms with Gasteiger partial charge in [0.15, 0.2) is 0 Å². The summed E-state index contributed by atoms with van der Waals surface area (Å²) in [5, 5.41) is 3.01. The lowest BCUT2D eigenvalue weighted by Gasteiger charge is -2.21. The highest BCUT2D eigenvalue weighted by Gasteiger charge is 2.14. The second-order valence-electron chi connectivity index (χ2n) is 5.21. The molecular formula is C15H20BrNOS. The number of carbonyl (C=O) groups excluding carboxylic acids is 1. The van der Waals surface area contributed by atoms with Crippen LogP contribution in [-0.2, 0) is 0 Å². The van der Waals surface area contributed by atoms with Gasteiger partial charge in [-0.1, -0.05) is 32.1 Å². The van der Waals surface area contributed by atoms with Gasteiger partial charge in [0.05, 0.1) is 5.56 Å². The van der Waals surface area contributed by atoms with Crippen LogP contribution in [0.25, 0.3) is 0 Å². The van der Waals surface area contributed by atoms with Crippen molar-refractivity contribution in [3.05, 3.63) is 28.2 Å². The highest BCUT2D eigenvalue weighted by molar-refractivity contribution is 9.10. The monoisotopic (exact) mass is 341 g/mol. The normalized spacial score (nSPS) is 16.3. The smallest absolute Gasteiger partial charge is 0.252 e. The van der Waals surface area contributed by atoms with E-state index in [-0.39, 0.29) is 5.91 Å². The van der Waals surface area contributed by atoms with Gasteiger partial charge in [0.2, 0.25) is 0 Å². The summed E-state index contributed by atoms with van der Waals surface area (Å²) in [5.41, 5.74) is 0.663. The summed E-state index contributed by atoms with van der Waals surface area (Å²) < 4.78 is 0.820. The van der Waals surface area contributed by atoms with E-state index in [1.807, 2.05) is 12.1 Å². The van der Waals surface area contributed by atoms with Crippen molar-refractivity contribution in [1.82, 2.24) is 5.32 Å². The standard InChI is InChI=1S/C15H20BrNOS/c16-14-7-6-12(19)10-13(14)15(18)17-9-8-11-4-2-1-3-5-11/h6-7,10-11,19H,1-5,8-9H2,(H,17,18). The SMILES string of the molecule is O=C(NCCC1CCCCC1)c1cc(S)ccc1Br. The molecule has 0 spiro atoms. The number of carbonyl (C=O) groups is 1. The highest BCUT2D eigenvalue weighted by Crippen LogP contribution is 2.26. The molecule has 1 aliphatic carbocycles. The summed E-state index contributed by atoms with van der Waals surface area (Å²) in [6, 6.07) is 5.52. The third kappa shape index (κ3) is 4.53. The van der Waals surface area contributed by atoms with Crippen molar-refractivity contribution in [2.45, 2.75) is 43.4 Å². The molecule has 0 aliphatic heterocycles. The Labute approximate surface area is 128 Å². The van der Waals surface area contributed by atoms with Crippen LogP contribution in [-0.4, -0.2) is 12.5 Å². The van der Waals surface area contributed by atoms with Gasteiger partial charge in [0.1, 0.15) is 0 Å². The number of rotatable bonds is 4. The van der Waals surface area contributed by atoms with E-state index in [0.29, 0.717) is 5.56 Å². The van der Waals surface area contributed by atoms with Gasteiger partial charge in [-0.25, -0.2) is 0 Å². The molecule has 0 saturated heterocycles. The average Bonchev–Trinajstić information content (AvgIpc) is 2.42. The molecule has 1 fully saturated rings. The van der Waals surface area contributed by atoms with Gasteiger partial charge in [-0.2, -0.15) is 0 Å². The summed E-state index contributed by atoms with van der Waals surface area (Å²) in [5.74, 6) is 0.785. The third-order valence-electron chi connectivity index (χ3n) is 3.76. The fourth-order valence-electron chi connectivity index (χ4n) is 2.65. The molecule has 4 heteroatoms. The van der Waals surface area contributed by atoms with Gasteiger partial charge in [-0.15, -0.1) is 12.6 Å². The number of nitrogens with one attached hydrogen (secondary N) is 1. The minimum atomic E-state index is -0.0152. The Morgan fingerprint density at radius 3 is 2.79 bits per heavy atom. The topological polar surface area (TPSA) is 29.1 Å². The van der Waals surface area contributed by atoms with Crippen molar-refractivity contribution in [1.29, 1.82) is 0 Å². The van der Waals surface area contributed by atoms with E-state index in [1.54, 1.807) is 6.07 Å². The highest BCUT2D eigenvalue weighted by atomic mass is 79.9. The van der Waals surface area contributed by atoms with E-state index in [9.17, 15) is 4.79 Å². The number of thiol groups is 1. The van der Waals surface area contributed by atoms with Crippen LogP contribution >= 0.6 is 28.6 Å². The van der Waals surface area contributed by atoms with Crippen LogP contribution in [0, 0.1) is 5.92 Å². The minimum absolute atomic E-state index is 0.0152. The predicted octanol–water partition coefficient (Wildman–Crippen LogP) is 4.44. The molecule has 0 aromatic heterocycles. The zero-order valence-electron chi connectivity index (χ0n) is 11.0. The Kier molecular flexibility index (Phi) is 5.76. The maximum atomic E-state index is 12.1. The number of hydrogen-bond acceptors (Lipinski definition) is 2. The summed E-state index contributed by atoms with van der Waals surface area (Å²) in [6.45, 7) is 0.771. The summed E-state index contributed by atoms with van der Waals surface area (Å²) in [6.07, 6.45) is 7.84. The Morgan fingerprint density at radius 1 is 1.32 bits per heavy atom. The predicted molar refractivity (Wildman–Crippen MR) is 84.9 cm³/mol. The Hall–Kier alpha value is -0.480. The molecule has 1 N–H and O–H groups in total. The molecule has 0 atom stereocenters. The van der Waals surface area contributed by atoms with E-state index >= 15 is 0 Å². The van der Waals surface area contributed by atoms with Gasteiger partial charge >= 0.3 is 0 Å². The first-order valence-corrected chi connectivity index (χ1v) is 8.17. The zero-order valence-corrected chi connectivity index (χ0v) is 13.5. The number of halogens is 1. The molecule has 2 rings (SSSR count). The molecule has 1 aliphatic rings. The summed E-state index contributed by atoms with van der Waals surface area (Å²) in [7, 11) is 0. The molecule has 19 heavy (non-hydrogen) atoms. The van der Waals surface area contributed by atoms with Crippen LogP contribution in [0.4, 0.5) is 0 Å². The van der Waals surface area contributed by atoms with Gasteiger partial charge in [0, 0.05) is 15.9 Å². The average molecular weight is 342 g/mol. The van der Waals surface area contributed by atoms with Crippen LogP contribution in [0.1, 0.15) is 48.9 Å². The Balaban J connectivity index is 1.82. The zero-order chi connectivity index (χ0) is 13.7. The quantitative estimate of drug-likeness (QED) is 0.779. The second-order valence-corrected chi connectivity index (χ2v) is 6.58. The molecule has 1 aromatic rings. The first-order chi connectivity index (χ1) is 9.16. The number of amides is 1. The molecule has 0 radical (unpaired) electrons. The van der Waals surface area contributed by atoms with Crippen molar-refractivity contribution in [2.24, 2.45) is 5.92 Å². The largest absolute Gasteiger partial charge is 0.352 e. The lowest BCUT2D eigenvalue weighted by atomic mass is 9.87. The first kappa shape index (κ1) is 14.9. The molecule has 1 amide bonds. The number of hydrogen-bond donors (Lipinski definition) is 2. The molecule has 1 saturated carbocycles. The van der Waals surface area contributed by atoms with Crippen molar-refractivity contribution < 1.29 is 4.79 Å². The first-order valence-electron chi connectivity index (χ1n) is 6.93. The lowest BCUT2D eigenvalue weighted by molar-refractivity contribution is 0.0949. The van der Waals surface area contributed by atoms with Crippen LogP contribution in [0.5, 0.6) is 0 Å². The molecule has 104 valence electrons. The van der Waals surface area contributed by atoms with Gasteiger partial charge in [0.25, 0.3) is 5.91 Å². The summed E-state index contributed by atoms with van der Waals surface area (Å²) in [4.78, 5) is 12.9. The maximum Gasteiger partial charge on any atom is 0.252 e. The Bertz CT molecular complexity index is 444. The lowest BCUT2D eigenvalue weighted by Crippen LogP contribution is -2.26. The van der Waals surface area contributed by atoms with E-state index in [0.717, 1.165) is 28.3 Å². The van der Waals surface area contributed by atoms with E-state index < -0.39 is 0 Å². The third-order valence-corrected chi connectivity index (χ3v) is 4.73. The number of benzene rings is 1. The fourth-order valence-corrected chi connectivity index (χ4v) is 3.28. The second kappa shape index (κ2) is 7.34. The van der Waals surface area contributed by atoms with Gasteiger partial charge in [-0.05, 0) is 46.5 Å². The van der Waals surface area contributed by atoms with E-state index in [1.165, 1.54) is 32.1 Å². The van der Waals surface area contributed by atoms with Crippen LogP contribution < -0.4 is 5.32 Å². The molecule has 0 bridgehead atoms. The molecule has 0 heterocycles. The van der Waals surface area contributed by atoms with Crippen LogP contribution in [0.3, 0.4) is 0 Å². The summed E-state index contributed by atoms with van der Waals surface area (Å²) >= 11 is 7.67. The fraction of sp³-hybridized carbons (Fsp3) is 0.533. The molecule has 0 unspecified atom stereocenters. The van der Waals surface area contributed by atoms with Crippen molar-refractivity contribution in [2.75, 3.05) is 6.54 Å². The molecule has 1 aromatic carbocycles. The van der Waals surface area contributed by atoms with Crippen molar-refractivity contribution in [3.8, 4) is 0 Å². The van der Waals surface area contributed by atoms with Gasteiger partial charge in [-0.3, -0.25) is 4.79 Å². The van der Waals surface area contributed by atoms with Crippen LogP contribution in [0.15, 0.2) is 27.6 Å². The van der Waals surface area contributed by atoms with E-state index in [4.69, 9.17) is 0 Å². The van der Waals surface area contributed by atoms with Crippen molar-refractivity contribution >= 4 is 34.5 Å². The molecule has 2 nitrogen and oxygen atoms in total.